The van der Waals surface area contributed by atoms with Crippen molar-refractivity contribution in [3.05, 3.63) is 0 Å². The molecule has 0 spiro atoms. The molecule has 96 valence electrons. The van der Waals surface area contributed by atoms with Gasteiger partial charge in [-0.3, -0.25) is 4.90 Å². The van der Waals surface area contributed by atoms with E-state index in [1.54, 1.807) is 14.2 Å². The standard InChI is InChI=1S/C12H26N2O2/c1-10(15-3)12(2,9-13)14-7-5-11(16-4)6-8-14/h10-11H,5-9,13H2,1-4H3. The summed E-state index contributed by atoms with van der Waals surface area (Å²) in [6, 6.07) is 0. The van der Waals surface area contributed by atoms with Gasteiger partial charge in [0.2, 0.25) is 0 Å². The van der Waals surface area contributed by atoms with Gasteiger partial charge in [-0.05, 0) is 26.7 Å². The second-order valence-corrected chi connectivity index (χ2v) is 4.86. The summed E-state index contributed by atoms with van der Waals surface area (Å²) in [6.07, 6.45) is 2.73. The summed E-state index contributed by atoms with van der Waals surface area (Å²) in [5.41, 5.74) is 5.87. The van der Waals surface area contributed by atoms with Crippen molar-refractivity contribution < 1.29 is 9.47 Å². The van der Waals surface area contributed by atoms with Crippen LogP contribution in [-0.2, 0) is 9.47 Å². The summed E-state index contributed by atoms with van der Waals surface area (Å²) in [4.78, 5) is 2.44. The molecule has 0 aromatic heterocycles. The number of nitrogens with two attached hydrogens (primary N) is 1. The minimum absolute atomic E-state index is 0.0620. The second-order valence-electron chi connectivity index (χ2n) is 4.86. The Balaban J connectivity index is 2.61. The second kappa shape index (κ2) is 5.96. The van der Waals surface area contributed by atoms with Crippen LogP contribution in [0.5, 0.6) is 0 Å². The lowest BCUT2D eigenvalue weighted by Gasteiger charge is -2.47. The maximum atomic E-state index is 5.93. The SMILES string of the molecule is COC1CCN(C(C)(CN)C(C)OC)CC1. The summed E-state index contributed by atoms with van der Waals surface area (Å²) in [7, 11) is 3.54. The molecule has 1 rings (SSSR count). The van der Waals surface area contributed by atoms with Crippen LogP contribution in [0.1, 0.15) is 26.7 Å². The molecule has 0 aliphatic carbocycles. The van der Waals surface area contributed by atoms with E-state index >= 15 is 0 Å². The molecule has 0 amide bonds. The predicted molar refractivity (Wildman–Crippen MR) is 65.5 cm³/mol. The van der Waals surface area contributed by atoms with Crippen molar-refractivity contribution in [2.24, 2.45) is 5.73 Å². The first kappa shape index (κ1) is 13.9. The first-order chi connectivity index (χ1) is 7.58. The average Bonchev–Trinajstić information content (AvgIpc) is 2.36. The molecule has 0 saturated carbocycles. The van der Waals surface area contributed by atoms with Crippen LogP contribution in [-0.4, -0.2) is 56.5 Å². The number of likely N-dealkylation sites (tertiary alicyclic amines) is 1. The Labute approximate surface area is 99.1 Å². The Morgan fingerprint density at radius 3 is 2.31 bits per heavy atom. The number of piperidine rings is 1. The number of rotatable bonds is 5. The topological polar surface area (TPSA) is 47.7 Å². The van der Waals surface area contributed by atoms with Crippen molar-refractivity contribution in [3.8, 4) is 0 Å². The zero-order valence-electron chi connectivity index (χ0n) is 11.0. The summed E-state index contributed by atoms with van der Waals surface area (Å²) < 4.78 is 10.8. The first-order valence-corrected chi connectivity index (χ1v) is 6.09. The molecule has 1 fully saturated rings. The molecule has 1 aliphatic heterocycles. The number of hydrogen-bond donors (Lipinski definition) is 1. The average molecular weight is 230 g/mol. The number of methoxy groups -OCH3 is 2. The number of nitrogens with zero attached hydrogens (tertiary/aromatic N) is 1. The van der Waals surface area contributed by atoms with Gasteiger partial charge in [-0.1, -0.05) is 0 Å². The predicted octanol–water partition coefficient (Wildman–Crippen LogP) is 0.850. The third-order valence-electron chi connectivity index (χ3n) is 4.14. The van der Waals surface area contributed by atoms with Crippen molar-refractivity contribution in [3.63, 3.8) is 0 Å². The van der Waals surface area contributed by atoms with E-state index in [1.807, 2.05) is 0 Å². The molecule has 1 aliphatic rings. The van der Waals surface area contributed by atoms with Crippen molar-refractivity contribution >= 4 is 0 Å². The van der Waals surface area contributed by atoms with E-state index in [1.165, 1.54) is 0 Å². The van der Waals surface area contributed by atoms with Crippen LogP contribution >= 0.6 is 0 Å². The van der Waals surface area contributed by atoms with E-state index in [2.05, 4.69) is 18.7 Å². The van der Waals surface area contributed by atoms with E-state index < -0.39 is 0 Å². The molecular formula is C12H26N2O2. The lowest BCUT2D eigenvalue weighted by molar-refractivity contribution is -0.0595. The number of ether oxygens (including phenoxy) is 2. The van der Waals surface area contributed by atoms with Crippen molar-refractivity contribution in [1.29, 1.82) is 0 Å². The van der Waals surface area contributed by atoms with Gasteiger partial charge in [-0.2, -0.15) is 0 Å². The molecule has 1 heterocycles. The van der Waals surface area contributed by atoms with E-state index in [0.29, 0.717) is 12.6 Å². The van der Waals surface area contributed by atoms with Crippen LogP contribution in [0.2, 0.25) is 0 Å². The lowest BCUT2D eigenvalue weighted by atomic mass is 9.90. The van der Waals surface area contributed by atoms with Gasteiger partial charge >= 0.3 is 0 Å². The highest BCUT2D eigenvalue weighted by Gasteiger charge is 2.38. The maximum absolute atomic E-state index is 5.93. The van der Waals surface area contributed by atoms with Gasteiger partial charge in [0.05, 0.1) is 17.7 Å². The van der Waals surface area contributed by atoms with Crippen LogP contribution in [0.25, 0.3) is 0 Å². The summed E-state index contributed by atoms with van der Waals surface area (Å²) in [6.45, 7) is 6.99. The van der Waals surface area contributed by atoms with E-state index in [-0.39, 0.29) is 11.6 Å². The third-order valence-corrected chi connectivity index (χ3v) is 4.14. The smallest absolute Gasteiger partial charge is 0.0736 e. The van der Waals surface area contributed by atoms with E-state index in [0.717, 1.165) is 25.9 Å². The number of hydrogen-bond acceptors (Lipinski definition) is 4. The highest BCUT2D eigenvalue weighted by molar-refractivity contribution is 4.95. The van der Waals surface area contributed by atoms with E-state index in [9.17, 15) is 0 Å². The Hall–Kier alpha value is -0.160. The molecule has 4 heteroatoms. The molecule has 0 aromatic rings. The van der Waals surface area contributed by atoms with Gasteiger partial charge in [0.25, 0.3) is 0 Å². The zero-order valence-corrected chi connectivity index (χ0v) is 11.0. The first-order valence-electron chi connectivity index (χ1n) is 6.09. The van der Waals surface area contributed by atoms with Crippen LogP contribution in [0.3, 0.4) is 0 Å². The fourth-order valence-electron chi connectivity index (χ4n) is 2.41. The van der Waals surface area contributed by atoms with E-state index in [4.69, 9.17) is 15.2 Å². The fourth-order valence-corrected chi connectivity index (χ4v) is 2.41. The van der Waals surface area contributed by atoms with Gasteiger partial charge in [-0.15, -0.1) is 0 Å². The molecule has 4 nitrogen and oxygen atoms in total. The van der Waals surface area contributed by atoms with Crippen molar-refractivity contribution in [2.75, 3.05) is 33.9 Å². The van der Waals surface area contributed by atoms with Crippen LogP contribution < -0.4 is 5.73 Å². The summed E-state index contributed by atoms with van der Waals surface area (Å²) in [5, 5.41) is 0. The van der Waals surface area contributed by atoms with Gasteiger partial charge in [0.1, 0.15) is 0 Å². The van der Waals surface area contributed by atoms with Gasteiger partial charge in [-0.25, -0.2) is 0 Å². The lowest BCUT2D eigenvalue weighted by Crippen LogP contribution is -2.61. The monoisotopic (exact) mass is 230 g/mol. The van der Waals surface area contributed by atoms with Gasteiger partial charge in [0, 0.05) is 33.9 Å². The Kier molecular flexibility index (Phi) is 5.18. The Bertz CT molecular complexity index is 205. The van der Waals surface area contributed by atoms with Crippen LogP contribution in [0.4, 0.5) is 0 Å². The molecule has 2 unspecified atom stereocenters. The maximum Gasteiger partial charge on any atom is 0.0736 e. The van der Waals surface area contributed by atoms with Crippen LogP contribution in [0.15, 0.2) is 0 Å². The Morgan fingerprint density at radius 2 is 1.94 bits per heavy atom. The fraction of sp³-hybridized carbons (Fsp3) is 1.00. The minimum Gasteiger partial charge on any atom is -0.381 e. The zero-order chi connectivity index (χ0) is 12.2. The Morgan fingerprint density at radius 1 is 1.38 bits per heavy atom. The molecule has 2 atom stereocenters. The van der Waals surface area contributed by atoms with Crippen molar-refractivity contribution in [1.82, 2.24) is 4.90 Å². The molecule has 1 saturated heterocycles. The van der Waals surface area contributed by atoms with Gasteiger partial charge in [0.15, 0.2) is 0 Å². The summed E-state index contributed by atoms with van der Waals surface area (Å²) in [5.74, 6) is 0. The molecular weight excluding hydrogens is 204 g/mol. The van der Waals surface area contributed by atoms with Crippen molar-refractivity contribution in [2.45, 2.75) is 44.4 Å². The molecule has 0 bridgehead atoms. The third kappa shape index (κ3) is 2.74. The highest BCUT2D eigenvalue weighted by atomic mass is 16.5. The molecule has 16 heavy (non-hydrogen) atoms. The van der Waals surface area contributed by atoms with Crippen LogP contribution in [0, 0.1) is 0 Å². The van der Waals surface area contributed by atoms with Gasteiger partial charge < -0.3 is 15.2 Å². The molecule has 0 radical (unpaired) electrons. The highest BCUT2D eigenvalue weighted by Crippen LogP contribution is 2.25. The minimum atomic E-state index is -0.0620. The molecule has 2 N–H and O–H groups in total. The largest absolute Gasteiger partial charge is 0.381 e. The molecule has 0 aromatic carbocycles. The quantitative estimate of drug-likeness (QED) is 0.760. The normalized spacial score (nSPS) is 25.3. The summed E-state index contributed by atoms with van der Waals surface area (Å²) >= 11 is 0.